The number of nitrogens with one attached hydrogen (secondary N) is 1. The van der Waals surface area contributed by atoms with Crippen LogP contribution in [0, 0.1) is 0 Å². The van der Waals surface area contributed by atoms with Crippen molar-refractivity contribution in [3.63, 3.8) is 0 Å². The van der Waals surface area contributed by atoms with Crippen molar-refractivity contribution >= 4 is 23.2 Å². The number of rotatable bonds is 5. The van der Waals surface area contributed by atoms with Crippen LogP contribution in [-0.4, -0.2) is 22.5 Å². The largest absolute Gasteiger partial charge is 0.481 e. The van der Waals surface area contributed by atoms with Crippen LogP contribution in [0.15, 0.2) is 16.8 Å². The van der Waals surface area contributed by atoms with Crippen LogP contribution in [0.1, 0.15) is 31.2 Å². The molecule has 0 aromatic carbocycles. The summed E-state index contributed by atoms with van der Waals surface area (Å²) in [5, 5.41) is 15.8. The predicted octanol–water partition coefficient (Wildman–Crippen LogP) is 1.80. The van der Waals surface area contributed by atoms with Crippen LogP contribution in [-0.2, 0) is 16.0 Å². The third-order valence-corrected chi connectivity index (χ3v) is 3.91. The van der Waals surface area contributed by atoms with E-state index in [0.717, 1.165) is 12.8 Å². The van der Waals surface area contributed by atoms with E-state index in [0.29, 0.717) is 12.8 Å². The molecule has 1 aliphatic heterocycles. The van der Waals surface area contributed by atoms with E-state index in [4.69, 9.17) is 5.11 Å². The van der Waals surface area contributed by atoms with Crippen molar-refractivity contribution < 1.29 is 14.7 Å². The van der Waals surface area contributed by atoms with Gasteiger partial charge in [0.1, 0.15) is 0 Å². The second kappa shape index (κ2) is 4.87. The van der Waals surface area contributed by atoms with E-state index in [1.54, 1.807) is 11.3 Å². The van der Waals surface area contributed by atoms with Crippen LogP contribution in [0.4, 0.5) is 0 Å². The predicted molar refractivity (Wildman–Crippen MR) is 65.0 cm³/mol. The van der Waals surface area contributed by atoms with Crippen molar-refractivity contribution in [3.05, 3.63) is 22.4 Å². The van der Waals surface area contributed by atoms with Gasteiger partial charge in [0, 0.05) is 18.4 Å². The molecule has 1 saturated heterocycles. The van der Waals surface area contributed by atoms with Crippen LogP contribution in [0.25, 0.3) is 0 Å². The molecule has 2 heterocycles. The Morgan fingerprint density at radius 2 is 2.41 bits per heavy atom. The Labute approximate surface area is 104 Å². The van der Waals surface area contributed by atoms with Crippen LogP contribution in [0.3, 0.4) is 0 Å². The minimum atomic E-state index is -0.809. The molecule has 1 aliphatic rings. The molecule has 0 aliphatic carbocycles. The first-order valence-corrected chi connectivity index (χ1v) is 6.58. The number of hydrogen-bond acceptors (Lipinski definition) is 3. The van der Waals surface area contributed by atoms with Crippen molar-refractivity contribution in [2.75, 3.05) is 0 Å². The number of thiophene rings is 1. The third kappa shape index (κ3) is 3.06. The van der Waals surface area contributed by atoms with E-state index in [2.05, 4.69) is 5.32 Å². The highest BCUT2D eigenvalue weighted by Gasteiger charge is 2.37. The molecule has 92 valence electrons. The summed E-state index contributed by atoms with van der Waals surface area (Å²) in [6.45, 7) is 0. The maximum Gasteiger partial charge on any atom is 0.303 e. The van der Waals surface area contributed by atoms with Crippen molar-refractivity contribution in [1.29, 1.82) is 0 Å². The molecule has 0 bridgehead atoms. The Bertz CT molecular complexity index is 415. The highest BCUT2D eigenvalue weighted by Crippen LogP contribution is 2.30. The summed E-state index contributed by atoms with van der Waals surface area (Å²) in [7, 11) is 0. The molecule has 5 heteroatoms. The lowest BCUT2D eigenvalue weighted by Gasteiger charge is -2.28. The molecule has 1 aromatic rings. The molecule has 1 fully saturated rings. The first kappa shape index (κ1) is 12.1. The summed E-state index contributed by atoms with van der Waals surface area (Å²) >= 11 is 1.62. The standard InChI is InChI=1S/C12H15NO3S/c14-10-1-4-12(13-10,5-2-11(15)16)7-9-3-6-17-8-9/h3,6,8H,1-2,4-5,7H2,(H,13,14)(H,15,16). The van der Waals surface area contributed by atoms with Crippen molar-refractivity contribution in [3.8, 4) is 0 Å². The van der Waals surface area contributed by atoms with E-state index in [1.165, 1.54) is 5.56 Å². The topological polar surface area (TPSA) is 66.4 Å². The summed E-state index contributed by atoms with van der Waals surface area (Å²) in [4.78, 5) is 22.0. The quantitative estimate of drug-likeness (QED) is 0.841. The van der Waals surface area contributed by atoms with E-state index in [1.807, 2.05) is 16.8 Å². The molecule has 1 atom stereocenters. The van der Waals surface area contributed by atoms with Gasteiger partial charge in [-0.15, -0.1) is 0 Å². The minimum absolute atomic E-state index is 0.0330. The van der Waals surface area contributed by atoms with Gasteiger partial charge in [0.05, 0.1) is 0 Å². The molecule has 17 heavy (non-hydrogen) atoms. The summed E-state index contributed by atoms with van der Waals surface area (Å²) in [5.41, 5.74) is 0.818. The summed E-state index contributed by atoms with van der Waals surface area (Å²) < 4.78 is 0. The van der Waals surface area contributed by atoms with Gasteiger partial charge >= 0.3 is 5.97 Å². The van der Waals surface area contributed by atoms with Gasteiger partial charge in [0.25, 0.3) is 0 Å². The molecular weight excluding hydrogens is 238 g/mol. The number of amides is 1. The zero-order chi connectivity index (χ0) is 12.3. The van der Waals surface area contributed by atoms with E-state index >= 15 is 0 Å². The second-order valence-corrected chi connectivity index (χ2v) is 5.31. The molecule has 4 nitrogen and oxygen atoms in total. The maximum atomic E-state index is 11.4. The number of carboxylic acid groups (broad SMARTS) is 1. The fraction of sp³-hybridized carbons (Fsp3) is 0.500. The number of aliphatic carboxylic acids is 1. The second-order valence-electron chi connectivity index (χ2n) is 4.53. The molecule has 0 spiro atoms. The Balaban J connectivity index is 2.07. The molecule has 2 N–H and O–H groups in total. The zero-order valence-electron chi connectivity index (χ0n) is 9.44. The van der Waals surface area contributed by atoms with Gasteiger partial charge in [-0.1, -0.05) is 0 Å². The van der Waals surface area contributed by atoms with Crippen LogP contribution in [0.2, 0.25) is 0 Å². The lowest BCUT2D eigenvalue weighted by Crippen LogP contribution is -2.43. The molecule has 0 saturated carbocycles. The normalized spacial score (nSPS) is 23.6. The SMILES string of the molecule is O=C(O)CCC1(Cc2ccsc2)CCC(=O)N1. The van der Waals surface area contributed by atoms with E-state index < -0.39 is 5.97 Å². The highest BCUT2D eigenvalue weighted by atomic mass is 32.1. The average molecular weight is 253 g/mol. The Kier molecular flexibility index (Phi) is 3.47. The van der Waals surface area contributed by atoms with Crippen molar-refractivity contribution in [2.24, 2.45) is 0 Å². The van der Waals surface area contributed by atoms with Gasteiger partial charge in [0.2, 0.25) is 5.91 Å². The Hall–Kier alpha value is -1.36. The third-order valence-electron chi connectivity index (χ3n) is 3.18. The van der Waals surface area contributed by atoms with Crippen LogP contribution >= 0.6 is 11.3 Å². The fourth-order valence-corrected chi connectivity index (χ4v) is 2.98. The minimum Gasteiger partial charge on any atom is -0.481 e. The van der Waals surface area contributed by atoms with Gasteiger partial charge in [-0.2, -0.15) is 11.3 Å². The van der Waals surface area contributed by atoms with Gasteiger partial charge in [0.15, 0.2) is 0 Å². The number of carboxylic acids is 1. The van der Waals surface area contributed by atoms with Gasteiger partial charge < -0.3 is 10.4 Å². The lowest BCUT2D eigenvalue weighted by atomic mass is 9.86. The van der Waals surface area contributed by atoms with Gasteiger partial charge in [-0.25, -0.2) is 0 Å². The molecule has 2 rings (SSSR count). The summed E-state index contributed by atoms with van der Waals surface area (Å²) in [5.74, 6) is -0.776. The summed E-state index contributed by atoms with van der Waals surface area (Å²) in [6.07, 6.45) is 2.57. The van der Waals surface area contributed by atoms with Gasteiger partial charge in [-0.3, -0.25) is 9.59 Å². The summed E-state index contributed by atoms with van der Waals surface area (Å²) in [6, 6.07) is 2.03. The molecular formula is C12H15NO3S. The fourth-order valence-electron chi connectivity index (χ4n) is 2.31. The first-order valence-electron chi connectivity index (χ1n) is 5.64. The molecule has 1 unspecified atom stereocenters. The lowest BCUT2D eigenvalue weighted by molar-refractivity contribution is -0.137. The maximum absolute atomic E-state index is 11.4. The van der Waals surface area contributed by atoms with Gasteiger partial charge in [-0.05, 0) is 41.7 Å². The molecule has 1 aromatic heterocycles. The van der Waals surface area contributed by atoms with E-state index in [-0.39, 0.29) is 17.9 Å². The first-order chi connectivity index (χ1) is 8.10. The average Bonchev–Trinajstić information content (AvgIpc) is 2.87. The number of carbonyl (C=O) groups is 2. The highest BCUT2D eigenvalue weighted by molar-refractivity contribution is 7.07. The van der Waals surface area contributed by atoms with Crippen LogP contribution < -0.4 is 5.32 Å². The van der Waals surface area contributed by atoms with Crippen molar-refractivity contribution in [1.82, 2.24) is 5.32 Å². The number of hydrogen-bond donors (Lipinski definition) is 2. The molecule has 0 radical (unpaired) electrons. The Morgan fingerprint density at radius 1 is 1.59 bits per heavy atom. The smallest absolute Gasteiger partial charge is 0.303 e. The number of carbonyl (C=O) groups excluding carboxylic acids is 1. The zero-order valence-corrected chi connectivity index (χ0v) is 10.3. The van der Waals surface area contributed by atoms with E-state index in [9.17, 15) is 9.59 Å². The van der Waals surface area contributed by atoms with Crippen molar-refractivity contribution in [2.45, 2.75) is 37.6 Å². The Morgan fingerprint density at radius 3 is 2.94 bits per heavy atom. The monoisotopic (exact) mass is 253 g/mol. The molecule has 1 amide bonds. The van der Waals surface area contributed by atoms with Crippen LogP contribution in [0.5, 0.6) is 0 Å².